The summed E-state index contributed by atoms with van der Waals surface area (Å²) in [7, 11) is 0. The third-order valence-corrected chi connectivity index (χ3v) is 2.62. The fourth-order valence-corrected chi connectivity index (χ4v) is 1.47. The van der Waals surface area contributed by atoms with Crippen molar-refractivity contribution in [2.45, 2.75) is 13.3 Å². The monoisotopic (exact) mass is 364 g/mol. The Kier molecular flexibility index (Phi) is 13.5. The van der Waals surface area contributed by atoms with Gasteiger partial charge in [-0.2, -0.15) is 72.2 Å². The molecular weight excluding hydrogens is 343 g/mol. The molecular formula is C21H22Zr. The molecule has 0 amide bonds. The van der Waals surface area contributed by atoms with Crippen molar-refractivity contribution in [2.24, 2.45) is 0 Å². The van der Waals surface area contributed by atoms with E-state index in [0.29, 0.717) is 0 Å². The molecule has 3 aromatic rings. The molecule has 0 heterocycles. The predicted molar refractivity (Wildman–Crippen MR) is 92.0 cm³/mol. The van der Waals surface area contributed by atoms with Crippen molar-refractivity contribution in [2.75, 3.05) is 0 Å². The number of allylic oxidation sites excluding steroid dienone is 1. The molecule has 110 valence electrons. The van der Waals surface area contributed by atoms with E-state index < -0.39 is 0 Å². The van der Waals surface area contributed by atoms with Crippen LogP contribution in [0.5, 0.6) is 0 Å². The van der Waals surface area contributed by atoms with E-state index >= 15 is 0 Å². The summed E-state index contributed by atoms with van der Waals surface area (Å²) in [6.45, 7) is 5.82. The van der Waals surface area contributed by atoms with Gasteiger partial charge >= 0.3 is 26.2 Å². The van der Waals surface area contributed by atoms with Gasteiger partial charge in [0.2, 0.25) is 0 Å². The third-order valence-electron chi connectivity index (χ3n) is 2.62. The molecule has 0 unspecified atom stereocenters. The van der Waals surface area contributed by atoms with Crippen LogP contribution in [0.1, 0.15) is 18.9 Å². The Labute approximate surface area is 154 Å². The summed E-state index contributed by atoms with van der Waals surface area (Å²) in [5, 5.41) is 0. The van der Waals surface area contributed by atoms with Crippen LogP contribution in [-0.2, 0) is 26.2 Å². The molecule has 0 nitrogen and oxygen atoms in total. The zero-order valence-electron chi connectivity index (χ0n) is 13.1. The SMILES string of the molecule is [CH2-]CC(C)=[C-]c1ccccc1.[Zr+4].c1cc[cH-]c1.c1cc[cH-]c1. The van der Waals surface area contributed by atoms with Crippen LogP contribution in [0.15, 0.2) is 96.6 Å². The molecule has 0 fully saturated rings. The largest absolute Gasteiger partial charge is 4.00 e. The maximum absolute atomic E-state index is 3.78. The van der Waals surface area contributed by atoms with E-state index in [-0.39, 0.29) is 26.2 Å². The first-order valence-corrected chi connectivity index (χ1v) is 7.10. The van der Waals surface area contributed by atoms with E-state index in [1.165, 1.54) is 5.57 Å². The molecule has 0 radical (unpaired) electrons. The van der Waals surface area contributed by atoms with Gasteiger partial charge in [-0.05, 0) is 0 Å². The van der Waals surface area contributed by atoms with Gasteiger partial charge in [-0.1, -0.05) is 13.0 Å². The average Bonchev–Trinajstić information content (AvgIpc) is 3.26. The zero-order chi connectivity index (χ0) is 15.2. The summed E-state index contributed by atoms with van der Waals surface area (Å²) in [4.78, 5) is 0. The molecule has 22 heavy (non-hydrogen) atoms. The summed E-state index contributed by atoms with van der Waals surface area (Å²) in [6.07, 6.45) is 4.07. The second-order valence-corrected chi connectivity index (χ2v) is 4.45. The van der Waals surface area contributed by atoms with E-state index in [9.17, 15) is 0 Å². The Bertz CT molecular complexity index is 485. The van der Waals surface area contributed by atoms with Crippen LogP contribution in [0.3, 0.4) is 0 Å². The van der Waals surface area contributed by atoms with Crippen LogP contribution in [0.4, 0.5) is 0 Å². The minimum absolute atomic E-state index is 0. The van der Waals surface area contributed by atoms with Gasteiger partial charge in [-0.15, -0.1) is 12.1 Å². The molecule has 3 aromatic carbocycles. The van der Waals surface area contributed by atoms with Gasteiger partial charge in [-0.3, -0.25) is 0 Å². The van der Waals surface area contributed by atoms with Crippen molar-refractivity contribution in [3.05, 3.63) is 115 Å². The minimum atomic E-state index is 0. The smallest absolute Gasteiger partial charge is 0.340 e. The molecule has 0 saturated carbocycles. The standard InChI is InChI=1S/C11H12.2C5H5.Zr/c1-3-10(2)9-11-7-5-4-6-8-11;2*1-2-4-5-3-1;/h4-8H,1,3H2,2H3;2*1-5H;/q-2;2*-1;+4. The van der Waals surface area contributed by atoms with Gasteiger partial charge in [0.05, 0.1) is 0 Å². The summed E-state index contributed by atoms with van der Waals surface area (Å²) >= 11 is 0. The first-order chi connectivity index (χ1) is 10.3. The number of benzene rings is 1. The van der Waals surface area contributed by atoms with Gasteiger partial charge in [0, 0.05) is 0 Å². The predicted octanol–water partition coefficient (Wildman–Crippen LogP) is 5.82. The molecule has 0 saturated heterocycles. The topological polar surface area (TPSA) is 0 Å². The molecule has 0 spiro atoms. The summed E-state index contributed by atoms with van der Waals surface area (Å²) in [5.74, 6) is 0. The average molecular weight is 366 g/mol. The van der Waals surface area contributed by atoms with E-state index in [2.05, 4.69) is 13.0 Å². The maximum atomic E-state index is 3.78. The second-order valence-electron chi connectivity index (χ2n) is 4.45. The van der Waals surface area contributed by atoms with E-state index in [4.69, 9.17) is 0 Å². The second kappa shape index (κ2) is 14.5. The Balaban J connectivity index is 0.000000334. The number of hydrogen-bond acceptors (Lipinski definition) is 0. The van der Waals surface area contributed by atoms with Crippen LogP contribution in [0, 0.1) is 13.0 Å². The fraction of sp³-hybridized carbons (Fsp3) is 0.0952. The minimum Gasteiger partial charge on any atom is -0.340 e. The van der Waals surface area contributed by atoms with Crippen molar-refractivity contribution < 1.29 is 26.2 Å². The van der Waals surface area contributed by atoms with Gasteiger partial charge in [-0.25, -0.2) is 24.3 Å². The van der Waals surface area contributed by atoms with Gasteiger partial charge in [0.1, 0.15) is 0 Å². The molecule has 1 heteroatoms. The Morgan fingerprint density at radius 2 is 1.32 bits per heavy atom. The molecule has 3 rings (SSSR count). The van der Waals surface area contributed by atoms with Crippen LogP contribution < -0.4 is 0 Å². The number of hydrogen-bond donors (Lipinski definition) is 0. The van der Waals surface area contributed by atoms with Gasteiger partial charge in [0.15, 0.2) is 0 Å². The maximum Gasteiger partial charge on any atom is 4.00 e. The Hall–Kier alpha value is -1.46. The van der Waals surface area contributed by atoms with Crippen molar-refractivity contribution in [1.29, 1.82) is 0 Å². The first kappa shape index (κ1) is 20.5. The molecule has 0 N–H and O–H groups in total. The number of rotatable bonds is 2. The molecule has 0 aliphatic heterocycles. The Morgan fingerprint density at radius 1 is 0.864 bits per heavy atom. The van der Waals surface area contributed by atoms with E-state index in [0.717, 1.165) is 12.0 Å². The summed E-state index contributed by atoms with van der Waals surface area (Å²) in [5.41, 5.74) is 2.32. The van der Waals surface area contributed by atoms with Crippen LogP contribution >= 0.6 is 0 Å². The fourth-order valence-electron chi connectivity index (χ4n) is 1.47. The molecule has 0 bridgehead atoms. The van der Waals surface area contributed by atoms with Crippen molar-refractivity contribution in [1.82, 2.24) is 0 Å². The first-order valence-electron chi connectivity index (χ1n) is 7.10. The Morgan fingerprint density at radius 3 is 1.64 bits per heavy atom. The van der Waals surface area contributed by atoms with Crippen molar-refractivity contribution in [3.63, 3.8) is 0 Å². The third kappa shape index (κ3) is 11.2. The van der Waals surface area contributed by atoms with E-state index in [1.807, 2.05) is 97.9 Å². The molecule has 0 aromatic heterocycles. The van der Waals surface area contributed by atoms with Gasteiger partial charge < -0.3 is 6.92 Å². The molecule has 0 aliphatic carbocycles. The molecule has 0 atom stereocenters. The van der Waals surface area contributed by atoms with Crippen molar-refractivity contribution >= 4 is 0 Å². The van der Waals surface area contributed by atoms with Crippen molar-refractivity contribution in [3.8, 4) is 0 Å². The normalized spacial score (nSPS) is 9.45. The quantitative estimate of drug-likeness (QED) is 0.502. The van der Waals surface area contributed by atoms with Crippen LogP contribution in [-0.4, -0.2) is 0 Å². The van der Waals surface area contributed by atoms with Crippen LogP contribution in [0.2, 0.25) is 0 Å². The zero-order valence-corrected chi connectivity index (χ0v) is 15.5. The summed E-state index contributed by atoms with van der Waals surface area (Å²) < 4.78 is 0. The molecule has 0 aliphatic rings. The van der Waals surface area contributed by atoms with Gasteiger partial charge in [0.25, 0.3) is 0 Å². The van der Waals surface area contributed by atoms with E-state index in [1.54, 1.807) is 0 Å². The van der Waals surface area contributed by atoms with Crippen LogP contribution in [0.25, 0.3) is 0 Å². The summed E-state index contributed by atoms with van der Waals surface area (Å²) in [6, 6.07) is 30.1.